The minimum atomic E-state index is 0.115. The SMILES string of the molecule is Cc1ccc(-c2nnc(SCC(=O)N3CCN(Cc4ccccc4)CC3)o2)cc1. The first-order valence-electron chi connectivity index (χ1n) is 9.75. The van der Waals surface area contributed by atoms with Gasteiger partial charge in [0.2, 0.25) is 11.8 Å². The highest BCUT2D eigenvalue weighted by atomic mass is 32.2. The average molecular weight is 409 g/mol. The molecular formula is C22H24N4O2S. The zero-order chi connectivity index (χ0) is 20.1. The number of carbonyl (C=O) groups excluding carboxylic acids is 1. The second kappa shape index (κ2) is 9.24. The van der Waals surface area contributed by atoms with Crippen LogP contribution in [-0.4, -0.2) is 57.8 Å². The number of benzene rings is 2. The van der Waals surface area contributed by atoms with Gasteiger partial charge >= 0.3 is 0 Å². The lowest BCUT2D eigenvalue weighted by Gasteiger charge is -2.34. The zero-order valence-electron chi connectivity index (χ0n) is 16.5. The predicted octanol–water partition coefficient (Wildman–Crippen LogP) is 3.48. The molecule has 1 aliphatic heterocycles. The summed E-state index contributed by atoms with van der Waals surface area (Å²) in [6.45, 7) is 6.26. The van der Waals surface area contributed by atoms with Gasteiger partial charge in [0.15, 0.2) is 0 Å². The van der Waals surface area contributed by atoms with Crippen LogP contribution in [0.2, 0.25) is 0 Å². The van der Waals surface area contributed by atoms with Crippen molar-refractivity contribution in [3.05, 3.63) is 65.7 Å². The second-order valence-corrected chi connectivity index (χ2v) is 8.10. The van der Waals surface area contributed by atoms with E-state index < -0.39 is 0 Å². The van der Waals surface area contributed by atoms with E-state index in [2.05, 4.69) is 39.4 Å². The van der Waals surface area contributed by atoms with Crippen LogP contribution in [0.3, 0.4) is 0 Å². The molecule has 4 rings (SSSR count). The number of thioether (sulfide) groups is 1. The highest BCUT2D eigenvalue weighted by Gasteiger charge is 2.22. The monoisotopic (exact) mass is 408 g/mol. The van der Waals surface area contributed by atoms with Crippen LogP contribution in [0.5, 0.6) is 0 Å². The Hall–Kier alpha value is -2.64. The fourth-order valence-corrected chi connectivity index (χ4v) is 3.96. The van der Waals surface area contributed by atoms with Crippen LogP contribution in [-0.2, 0) is 11.3 Å². The maximum atomic E-state index is 12.5. The Morgan fingerprint density at radius 2 is 1.72 bits per heavy atom. The molecule has 2 heterocycles. The molecule has 0 bridgehead atoms. The number of amides is 1. The smallest absolute Gasteiger partial charge is 0.277 e. The van der Waals surface area contributed by atoms with Gasteiger partial charge in [-0.1, -0.05) is 59.8 Å². The van der Waals surface area contributed by atoms with E-state index in [9.17, 15) is 4.79 Å². The quantitative estimate of drug-likeness (QED) is 0.582. The Labute approximate surface area is 174 Å². The fraction of sp³-hybridized carbons (Fsp3) is 0.318. The highest BCUT2D eigenvalue weighted by Crippen LogP contribution is 2.23. The predicted molar refractivity (Wildman–Crippen MR) is 113 cm³/mol. The Balaban J connectivity index is 1.24. The number of hydrogen-bond donors (Lipinski definition) is 0. The van der Waals surface area contributed by atoms with Crippen LogP contribution in [0.4, 0.5) is 0 Å². The molecule has 0 radical (unpaired) electrons. The van der Waals surface area contributed by atoms with Crippen molar-refractivity contribution in [2.45, 2.75) is 18.7 Å². The second-order valence-electron chi connectivity index (χ2n) is 7.17. The maximum Gasteiger partial charge on any atom is 0.277 e. The normalized spacial score (nSPS) is 14.9. The van der Waals surface area contributed by atoms with Crippen LogP contribution < -0.4 is 0 Å². The summed E-state index contributed by atoms with van der Waals surface area (Å²) in [5.41, 5.74) is 3.37. The van der Waals surface area contributed by atoms with E-state index in [0.29, 0.717) is 16.9 Å². The zero-order valence-corrected chi connectivity index (χ0v) is 17.3. The molecular weight excluding hydrogens is 384 g/mol. The summed E-state index contributed by atoms with van der Waals surface area (Å²) in [7, 11) is 0. The molecule has 7 heteroatoms. The molecule has 1 aromatic heterocycles. The molecule has 0 N–H and O–H groups in total. The van der Waals surface area contributed by atoms with Gasteiger partial charge in [0.1, 0.15) is 0 Å². The van der Waals surface area contributed by atoms with Crippen LogP contribution in [0.1, 0.15) is 11.1 Å². The third-order valence-electron chi connectivity index (χ3n) is 5.00. The molecule has 0 atom stereocenters. The summed E-state index contributed by atoms with van der Waals surface area (Å²) in [5.74, 6) is 0.910. The summed E-state index contributed by atoms with van der Waals surface area (Å²) >= 11 is 1.30. The molecule has 29 heavy (non-hydrogen) atoms. The summed E-state index contributed by atoms with van der Waals surface area (Å²) in [5, 5.41) is 8.57. The molecule has 6 nitrogen and oxygen atoms in total. The number of rotatable bonds is 6. The highest BCUT2D eigenvalue weighted by molar-refractivity contribution is 7.99. The van der Waals surface area contributed by atoms with Gasteiger partial charge in [0, 0.05) is 38.3 Å². The standard InChI is InChI=1S/C22H24N4O2S/c1-17-7-9-19(10-8-17)21-23-24-22(28-21)29-16-20(27)26-13-11-25(12-14-26)15-18-5-3-2-4-6-18/h2-10H,11-16H2,1H3. The molecule has 0 spiro atoms. The average Bonchev–Trinajstić information content (AvgIpc) is 3.23. The Bertz CT molecular complexity index is 935. The van der Waals surface area contributed by atoms with Crippen molar-refractivity contribution in [1.29, 1.82) is 0 Å². The molecule has 1 aliphatic rings. The van der Waals surface area contributed by atoms with Crippen molar-refractivity contribution in [3.8, 4) is 11.5 Å². The van der Waals surface area contributed by atoms with Gasteiger partial charge in [-0.3, -0.25) is 9.69 Å². The Kier molecular flexibility index (Phi) is 6.27. The van der Waals surface area contributed by atoms with Gasteiger partial charge < -0.3 is 9.32 Å². The van der Waals surface area contributed by atoms with E-state index in [1.54, 1.807) is 0 Å². The molecule has 2 aromatic carbocycles. The Morgan fingerprint density at radius 1 is 1.00 bits per heavy atom. The summed E-state index contributed by atoms with van der Waals surface area (Å²) < 4.78 is 5.69. The van der Waals surface area contributed by atoms with Gasteiger partial charge in [-0.15, -0.1) is 10.2 Å². The number of nitrogens with zero attached hydrogens (tertiary/aromatic N) is 4. The molecule has 1 saturated heterocycles. The van der Waals surface area contributed by atoms with Gasteiger partial charge in [0.25, 0.3) is 5.22 Å². The van der Waals surface area contributed by atoms with Crippen LogP contribution >= 0.6 is 11.8 Å². The number of aromatic nitrogens is 2. The fourth-order valence-electron chi connectivity index (χ4n) is 3.29. The number of hydrogen-bond acceptors (Lipinski definition) is 6. The van der Waals surface area contributed by atoms with Gasteiger partial charge in [0.05, 0.1) is 5.75 Å². The summed E-state index contributed by atoms with van der Waals surface area (Å²) in [6.07, 6.45) is 0. The van der Waals surface area contributed by atoms with Gasteiger partial charge in [-0.25, -0.2) is 0 Å². The minimum absolute atomic E-state index is 0.115. The molecule has 0 aliphatic carbocycles. The first-order valence-corrected chi connectivity index (χ1v) is 10.7. The van der Waals surface area contributed by atoms with Crippen LogP contribution in [0.25, 0.3) is 11.5 Å². The maximum absolute atomic E-state index is 12.5. The molecule has 0 saturated carbocycles. The van der Waals surface area contributed by atoms with Crippen LogP contribution in [0, 0.1) is 6.92 Å². The Morgan fingerprint density at radius 3 is 2.45 bits per heavy atom. The van der Waals surface area contributed by atoms with E-state index in [0.717, 1.165) is 38.3 Å². The lowest BCUT2D eigenvalue weighted by molar-refractivity contribution is -0.130. The molecule has 150 valence electrons. The first kappa shape index (κ1) is 19.7. The van der Waals surface area contributed by atoms with Gasteiger partial charge in [-0.05, 0) is 24.6 Å². The number of aryl methyl sites for hydroxylation is 1. The van der Waals surface area contributed by atoms with E-state index in [1.807, 2.05) is 42.2 Å². The topological polar surface area (TPSA) is 62.5 Å². The van der Waals surface area contributed by atoms with E-state index in [4.69, 9.17) is 4.42 Å². The van der Waals surface area contributed by atoms with Crippen molar-refractivity contribution in [2.24, 2.45) is 0 Å². The van der Waals surface area contributed by atoms with Crippen molar-refractivity contribution in [3.63, 3.8) is 0 Å². The summed E-state index contributed by atoms with van der Waals surface area (Å²) in [4.78, 5) is 16.9. The number of carbonyl (C=O) groups is 1. The van der Waals surface area contributed by atoms with Gasteiger partial charge in [-0.2, -0.15) is 0 Å². The number of piperazine rings is 1. The van der Waals surface area contributed by atoms with E-state index in [-0.39, 0.29) is 5.91 Å². The van der Waals surface area contributed by atoms with Crippen LogP contribution in [0.15, 0.2) is 64.2 Å². The third-order valence-corrected chi connectivity index (χ3v) is 5.80. The molecule has 0 unspecified atom stereocenters. The first-order chi connectivity index (χ1) is 14.2. The molecule has 1 amide bonds. The lowest BCUT2D eigenvalue weighted by atomic mass is 10.1. The summed E-state index contributed by atoms with van der Waals surface area (Å²) in [6, 6.07) is 18.4. The molecule has 1 fully saturated rings. The van der Waals surface area contributed by atoms with E-state index >= 15 is 0 Å². The molecule has 3 aromatic rings. The van der Waals surface area contributed by atoms with Crippen molar-refractivity contribution >= 4 is 17.7 Å². The van der Waals surface area contributed by atoms with E-state index in [1.165, 1.54) is 22.9 Å². The largest absolute Gasteiger partial charge is 0.411 e. The van der Waals surface area contributed by atoms with Crippen molar-refractivity contribution in [1.82, 2.24) is 20.0 Å². The van der Waals surface area contributed by atoms with Crippen molar-refractivity contribution in [2.75, 3.05) is 31.9 Å². The van der Waals surface area contributed by atoms with Crippen molar-refractivity contribution < 1.29 is 9.21 Å². The third kappa shape index (κ3) is 5.25. The minimum Gasteiger partial charge on any atom is -0.411 e. The lowest BCUT2D eigenvalue weighted by Crippen LogP contribution is -2.48.